The zero-order chi connectivity index (χ0) is 18.5. The first kappa shape index (κ1) is 18.4. The van der Waals surface area contributed by atoms with Gasteiger partial charge in [0, 0.05) is 22.7 Å². The van der Waals surface area contributed by atoms with Crippen LogP contribution in [0.3, 0.4) is 0 Å². The molecule has 1 aliphatic heterocycles. The molecule has 0 bridgehead atoms. The zero-order valence-electron chi connectivity index (χ0n) is 14.7. The number of nitro benzene ring substituents is 1. The fourth-order valence-electron chi connectivity index (χ4n) is 3.07. The molecule has 1 saturated heterocycles. The molecule has 0 aromatic heterocycles. The Kier molecular flexibility index (Phi) is 5.85. The molecule has 1 N–H and O–H groups in total. The van der Waals surface area contributed by atoms with Crippen LogP contribution in [0, 0.1) is 10.1 Å². The summed E-state index contributed by atoms with van der Waals surface area (Å²) in [5.74, 6) is 0. The molecular formula is C19H22ClN4O2+. The van der Waals surface area contributed by atoms with Gasteiger partial charge in [0.05, 0.1) is 36.8 Å². The second kappa shape index (κ2) is 8.29. The molecule has 0 saturated carbocycles. The van der Waals surface area contributed by atoms with Crippen molar-refractivity contribution < 1.29 is 9.82 Å². The number of quaternary nitrogens is 1. The average Bonchev–Trinajstić information content (AvgIpc) is 2.65. The fourth-order valence-corrected chi connectivity index (χ4v) is 3.20. The third-order valence-electron chi connectivity index (χ3n) is 4.60. The van der Waals surface area contributed by atoms with Crippen LogP contribution in [0.15, 0.2) is 53.6 Å². The molecule has 0 radical (unpaired) electrons. The number of hydrogen-bond donors (Lipinski definition) is 1. The lowest BCUT2D eigenvalue weighted by atomic mass is 10.1. The van der Waals surface area contributed by atoms with Gasteiger partial charge in [0.2, 0.25) is 0 Å². The van der Waals surface area contributed by atoms with Gasteiger partial charge in [-0.15, -0.1) is 0 Å². The van der Waals surface area contributed by atoms with Crippen LogP contribution in [-0.2, 0) is 6.54 Å². The second-order valence-electron chi connectivity index (χ2n) is 6.50. The highest BCUT2D eigenvalue weighted by Crippen LogP contribution is 2.13. The fraction of sp³-hybridized carbons (Fsp3) is 0.316. The molecule has 0 unspecified atom stereocenters. The van der Waals surface area contributed by atoms with Crippen LogP contribution in [0.5, 0.6) is 0 Å². The molecule has 136 valence electrons. The van der Waals surface area contributed by atoms with Crippen LogP contribution in [0.1, 0.15) is 18.1 Å². The molecule has 6 nitrogen and oxygen atoms in total. The number of piperazine rings is 1. The predicted molar refractivity (Wildman–Crippen MR) is 103 cm³/mol. The van der Waals surface area contributed by atoms with Gasteiger partial charge in [-0.3, -0.25) is 15.1 Å². The third-order valence-corrected chi connectivity index (χ3v) is 4.85. The van der Waals surface area contributed by atoms with E-state index < -0.39 is 0 Å². The van der Waals surface area contributed by atoms with E-state index in [4.69, 9.17) is 11.6 Å². The summed E-state index contributed by atoms with van der Waals surface area (Å²) in [4.78, 5) is 11.9. The first-order valence-corrected chi connectivity index (χ1v) is 9.02. The quantitative estimate of drug-likeness (QED) is 0.497. The van der Waals surface area contributed by atoms with Crippen LogP contribution in [0.4, 0.5) is 5.69 Å². The summed E-state index contributed by atoms with van der Waals surface area (Å²) in [5.41, 5.74) is 3.18. The molecule has 0 atom stereocenters. The number of nitro groups is 1. The van der Waals surface area contributed by atoms with E-state index in [2.05, 4.69) is 22.2 Å². The van der Waals surface area contributed by atoms with E-state index in [1.165, 1.54) is 22.6 Å². The van der Waals surface area contributed by atoms with Gasteiger partial charge in [0.15, 0.2) is 0 Å². The minimum atomic E-state index is -0.390. The number of nitrogens with one attached hydrogen (secondary N) is 1. The van der Waals surface area contributed by atoms with Crippen molar-refractivity contribution in [2.24, 2.45) is 5.10 Å². The second-order valence-corrected chi connectivity index (χ2v) is 6.93. The van der Waals surface area contributed by atoms with E-state index in [9.17, 15) is 10.1 Å². The molecule has 3 rings (SSSR count). The summed E-state index contributed by atoms with van der Waals surface area (Å²) in [7, 11) is 0. The maximum atomic E-state index is 10.7. The molecule has 2 aromatic carbocycles. The molecule has 7 heteroatoms. The molecule has 0 spiro atoms. The van der Waals surface area contributed by atoms with Gasteiger partial charge < -0.3 is 4.90 Å². The van der Waals surface area contributed by atoms with Crippen LogP contribution >= 0.6 is 11.6 Å². The van der Waals surface area contributed by atoms with Crippen molar-refractivity contribution >= 4 is 23.0 Å². The smallest absolute Gasteiger partial charge is 0.269 e. The number of hydrogen-bond acceptors (Lipinski definition) is 4. The monoisotopic (exact) mass is 373 g/mol. The van der Waals surface area contributed by atoms with Gasteiger partial charge in [-0.1, -0.05) is 23.7 Å². The van der Waals surface area contributed by atoms with Gasteiger partial charge in [-0.2, -0.15) is 5.10 Å². The Morgan fingerprint density at radius 1 is 1.15 bits per heavy atom. The highest BCUT2D eigenvalue weighted by Gasteiger charge is 2.19. The SMILES string of the molecule is C/C(=N\N1CC[NH+](Cc2ccc(Cl)cc2)CC1)c1ccc([N+](=O)[O-])cc1. The zero-order valence-corrected chi connectivity index (χ0v) is 15.4. The number of halogens is 1. The topological polar surface area (TPSA) is 63.2 Å². The number of hydrazone groups is 1. The largest absolute Gasteiger partial charge is 0.328 e. The van der Waals surface area contributed by atoms with Crippen molar-refractivity contribution in [3.8, 4) is 0 Å². The van der Waals surface area contributed by atoms with Crippen LogP contribution in [0.25, 0.3) is 0 Å². The summed E-state index contributed by atoms with van der Waals surface area (Å²) >= 11 is 5.94. The minimum absolute atomic E-state index is 0.0981. The van der Waals surface area contributed by atoms with Crippen molar-refractivity contribution in [3.05, 3.63) is 74.8 Å². The Labute approximate surface area is 157 Å². The molecule has 2 aromatic rings. The van der Waals surface area contributed by atoms with E-state index in [1.807, 2.05) is 19.1 Å². The molecule has 0 aliphatic carbocycles. The van der Waals surface area contributed by atoms with Gasteiger partial charge in [-0.25, -0.2) is 0 Å². The maximum absolute atomic E-state index is 10.7. The highest BCUT2D eigenvalue weighted by atomic mass is 35.5. The van der Waals surface area contributed by atoms with Gasteiger partial charge in [0.1, 0.15) is 6.54 Å². The summed E-state index contributed by atoms with van der Waals surface area (Å²) in [6.45, 7) is 6.78. The molecule has 1 fully saturated rings. The summed E-state index contributed by atoms with van der Waals surface area (Å²) in [6.07, 6.45) is 0. The number of rotatable bonds is 5. The molecule has 26 heavy (non-hydrogen) atoms. The third kappa shape index (κ3) is 4.80. The molecule has 1 heterocycles. The first-order valence-electron chi connectivity index (χ1n) is 8.64. The van der Waals surface area contributed by atoms with E-state index in [1.54, 1.807) is 12.1 Å². The number of nitrogens with zero attached hydrogens (tertiary/aromatic N) is 3. The van der Waals surface area contributed by atoms with Crippen molar-refractivity contribution in [2.75, 3.05) is 26.2 Å². The minimum Gasteiger partial charge on any atom is -0.328 e. The van der Waals surface area contributed by atoms with Crippen LogP contribution in [0.2, 0.25) is 5.02 Å². The average molecular weight is 374 g/mol. The Morgan fingerprint density at radius 3 is 2.35 bits per heavy atom. The Bertz CT molecular complexity index is 782. The van der Waals surface area contributed by atoms with Gasteiger partial charge in [0.25, 0.3) is 5.69 Å². The molecule has 0 amide bonds. The van der Waals surface area contributed by atoms with Crippen molar-refractivity contribution in [1.82, 2.24) is 5.01 Å². The summed E-state index contributed by atoms with van der Waals surface area (Å²) in [5, 5.41) is 18.3. The number of benzene rings is 2. The van der Waals surface area contributed by atoms with Crippen LogP contribution < -0.4 is 4.90 Å². The molecular weight excluding hydrogens is 352 g/mol. The van der Waals surface area contributed by atoms with E-state index in [-0.39, 0.29) is 10.6 Å². The van der Waals surface area contributed by atoms with Gasteiger partial charge >= 0.3 is 0 Å². The standard InChI is InChI=1S/C19H21ClN4O2/c1-15(17-4-8-19(9-5-17)24(25)26)21-23-12-10-22(11-13-23)14-16-2-6-18(20)7-3-16/h2-9H,10-14H2,1H3/p+1/b21-15+. The lowest BCUT2D eigenvalue weighted by Gasteiger charge is -2.31. The normalized spacial score (nSPS) is 15.9. The Hall–Kier alpha value is -2.44. The maximum Gasteiger partial charge on any atom is 0.269 e. The molecule has 1 aliphatic rings. The van der Waals surface area contributed by atoms with Crippen molar-refractivity contribution in [1.29, 1.82) is 0 Å². The van der Waals surface area contributed by atoms with Crippen molar-refractivity contribution in [3.63, 3.8) is 0 Å². The van der Waals surface area contributed by atoms with E-state index in [0.29, 0.717) is 0 Å². The van der Waals surface area contributed by atoms with Gasteiger partial charge in [-0.05, 0) is 36.8 Å². The van der Waals surface area contributed by atoms with Crippen LogP contribution in [-0.4, -0.2) is 41.8 Å². The van der Waals surface area contributed by atoms with Crippen molar-refractivity contribution in [2.45, 2.75) is 13.5 Å². The lowest BCUT2D eigenvalue weighted by molar-refractivity contribution is -0.918. The number of non-ortho nitro benzene ring substituents is 1. The van der Waals surface area contributed by atoms with E-state index >= 15 is 0 Å². The predicted octanol–water partition coefficient (Wildman–Crippen LogP) is 2.37. The highest BCUT2D eigenvalue weighted by molar-refractivity contribution is 6.30. The Morgan fingerprint density at radius 2 is 1.77 bits per heavy atom. The Balaban J connectivity index is 1.54. The lowest BCUT2D eigenvalue weighted by Crippen LogP contribution is -3.13. The summed E-state index contributed by atoms with van der Waals surface area (Å²) < 4.78 is 0. The first-order chi connectivity index (χ1) is 12.5. The summed E-state index contributed by atoms with van der Waals surface area (Å²) in [6, 6.07) is 14.6. The van der Waals surface area contributed by atoms with E-state index in [0.717, 1.165) is 49.0 Å².